The van der Waals surface area contributed by atoms with E-state index in [1.54, 1.807) is 12.1 Å². The second kappa shape index (κ2) is 6.39. The minimum atomic E-state index is -3.65. The normalized spacial score (nSPS) is 11.3. The van der Waals surface area contributed by atoms with Crippen LogP contribution in [-0.4, -0.2) is 15.0 Å². The number of benzene rings is 2. The van der Waals surface area contributed by atoms with Crippen LogP contribution in [0, 0.1) is 0 Å². The third-order valence-electron chi connectivity index (χ3n) is 2.72. The summed E-state index contributed by atoms with van der Waals surface area (Å²) in [6, 6.07) is 14.1. The largest absolute Gasteiger partial charge is 0.493 e. The van der Waals surface area contributed by atoms with Crippen LogP contribution in [0.2, 0.25) is 0 Å². The summed E-state index contributed by atoms with van der Waals surface area (Å²) in [4.78, 5) is 0.0813. The summed E-state index contributed by atoms with van der Waals surface area (Å²) in [7, 11) is -3.65. The Morgan fingerprint density at radius 1 is 1.00 bits per heavy atom. The fourth-order valence-corrected chi connectivity index (χ4v) is 2.44. The number of sulfonamides is 1. The second-order valence-electron chi connectivity index (χ2n) is 4.24. The van der Waals surface area contributed by atoms with Gasteiger partial charge in [-0.05, 0) is 42.0 Å². The van der Waals surface area contributed by atoms with Gasteiger partial charge in [0.25, 0.3) is 0 Å². The first-order chi connectivity index (χ1) is 9.45. The number of primary sulfonamides is 1. The molecule has 0 fully saturated rings. The standard InChI is InChI=1S/C14H14BrNO3S/c15-12-3-1-11(2-4-12)9-10-19-13-5-7-14(8-6-13)20(16,17)18/h1-8H,9-10H2,(H2,16,17,18). The van der Waals surface area contributed by atoms with Gasteiger partial charge in [0.15, 0.2) is 0 Å². The summed E-state index contributed by atoms with van der Waals surface area (Å²) < 4.78 is 28.8. The molecular weight excluding hydrogens is 342 g/mol. The predicted octanol–water partition coefficient (Wildman–Crippen LogP) is 2.72. The average Bonchev–Trinajstić information content (AvgIpc) is 2.41. The number of ether oxygens (including phenoxy) is 1. The molecule has 2 N–H and O–H groups in total. The van der Waals surface area contributed by atoms with E-state index >= 15 is 0 Å². The quantitative estimate of drug-likeness (QED) is 0.896. The molecule has 0 heterocycles. The highest BCUT2D eigenvalue weighted by molar-refractivity contribution is 9.10. The lowest BCUT2D eigenvalue weighted by atomic mass is 10.2. The lowest BCUT2D eigenvalue weighted by Crippen LogP contribution is -2.11. The maximum atomic E-state index is 11.1. The SMILES string of the molecule is NS(=O)(=O)c1ccc(OCCc2ccc(Br)cc2)cc1. The topological polar surface area (TPSA) is 69.4 Å². The zero-order chi connectivity index (χ0) is 14.6. The summed E-state index contributed by atoms with van der Waals surface area (Å²) in [5, 5.41) is 5.02. The van der Waals surface area contributed by atoms with Crippen molar-refractivity contribution in [3.05, 3.63) is 58.6 Å². The third-order valence-corrected chi connectivity index (χ3v) is 4.18. The molecule has 0 radical (unpaired) electrons. The van der Waals surface area contributed by atoms with Crippen LogP contribution >= 0.6 is 15.9 Å². The highest BCUT2D eigenvalue weighted by atomic mass is 79.9. The van der Waals surface area contributed by atoms with Gasteiger partial charge in [-0.15, -0.1) is 0 Å². The van der Waals surface area contributed by atoms with Crippen molar-refractivity contribution < 1.29 is 13.2 Å². The monoisotopic (exact) mass is 355 g/mol. The van der Waals surface area contributed by atoms with Crippen molar-refractivity contribution in [1.29, 1.82) is 0 Å². The van der Waals surface area contributed by atoms with E-state index in [2.05, 4.69) is 15.9 Å². The third kappa shape index (κ3) is 4.33. The molecule has 0 saturated heterocycles. The van der Waals surface area contributed by atoms with E-state index in [1.165, 1.54) is 17.7 Å². The Morgan fingerprint density at radius 3 is 2.15 bits per heavy atom. The van der Waals surface area contributed by atoms with Crippen LogP contribution in [0.4, 0.5) is 0 Å². The minimum Gasteiger partial charge on any atom is -0.493 e. The van der Waals surface area contributed by atoms with Crippen molar-refractivity contribution in [3.63, 3.8) is 0 Å². The number of hydrogen-bond acceptors (Lipinski definition) is 3. The van der Waals surface area contributed by atoms with Crippen LogP contribution < -0.4 is 9.88 Å². The molecule has 0 aliphatic carbocycles. The molecule has 106 valence electrons. The van der Waals surface area contributed by atoms with E-state index < -0.39 is 10.0 Å². The van der Waals surface area contributed by atoms with Gasteiger partial charge >= 0.3 is 0 Å². The molecule has 0 spiro atoms. The van der Waals surface area contributed by atoms with Crippen LogP contribution in [0.3, 0.4) is 0 Å². The first-order valence-electron chi connectivity index (χ1n) is 5.95. The van der Waals surface area contributed by atoms with Crippen LogP contribution in [0.1, 0.15) is 5.56 Å². The highest BCUT2D eigenvalue weighted by Crippen LogP contribution is 2.16. The molecule has 6 heteroatoms. The second-order valence-corrected chi connectivity index (χ2v) is 6.72. The Hall–Kier alpha value is -1.37. The zero-order valence-electron chi connectivity index (χ0n) is 10.6. The molecule has 0 aliphatic heterocycles. The number of hydrogen-bond donors (Lipinski definition) is 1. The smallest absolute Gasteiger partial charge is 0.238 e. The number of rotatable bonds is 5. The van der Waals surface area contributed by atoms with Gasteiger partial charge in [-0.2, -0.15) is 0 Å². The predicted molar refractivity (Wildman–Crippen MR) is 81.2 cm³/mol. The van der Waals surface area contributed by atoms with Gasteiger partial charge in [0.1, 0.15) is 5.75 Å². The molecule has 0 aliphatic rings. The van der Waals surface area contributed by atoms with E-state index in [1.807, 2.05) is 24.3 Å². The van der Waals surface area contributed by atoms with Gasteiger partial charge in [-0.1, -0.05) is 28.1 Å². The van der Waals surface area contributed by atoms with Crippen molar-refractivity contribution in [2.75, 3.05) is 6.61 Å². The lowest BCUT2D eigenvalue weighted by Gasteiger charge is -2.07. The lowest BCUT2D eigenvalue weighted by molar-refractivity contribution is 0.321. The van der Waals surface area contributed by atoms with E-state index in [4.69, 9.17) is 9.88 Å². The molecule has 20 heavy (non-hydrogen) atoms. The summed E-state index contributed by atoms with van der Waals surface area (Å²) in [6.45, 7) is 0.524. The Kier molecular flexibility index (Phi) is 4.80. The van der Waals surface area contributed by atoms with Crippen LogP contribution in [0.5, 0.6) is 5.75 Å². The Labute approximate surface area is 126 Å². The van der Waals surface area contributed by atoms with Crippen molar-refractivity contribution in [2.45, 2.75) is 11.3 Å². The van der Waals surface area contributed by atoms with E-state index in [-0.39, 0.29) is 4.90 Å². The van der Waals surface area contributed by atoms with Gasteiger partial charge < -0.3 is 4.74 Å². The molecule has 0 saturated carbocycles. The van der Waals surface area contributed by atoms with E-state index in [0.717, 1.165) is 10.9 Å². The van der Waals surface area contributed by atoms with E-state index in [9.17, 15) is 8.42 Å². The molecular formula is C14H14BrNO3S. The Bertz CT molecular complexity index is 667. The van der Waals surface area contributed by atoms with Gasteiger partial charge in [-0.25, -0.2) is 13.6 Å². The van der Waals surface area contributed by atoms with Gasteiger partial charge in [0.2, 0.25) is 10.0 Å². The average molecular weight is 356 g/mol. The fraction of sp³-hybridized carbons (Fsp3) is 0.143. The molecule has 4 nitrogen and oxygen atoms in total. The minimum absolute atomic E-state index is 0.0813. The van der Waals surface area contributed by atoms with Crippen molar-refractivity contribution in [2.24, 2.45) is 5.14 Å². The van der Waals surface area contributed by atoms with Crippen LogP contribution in [0.25, 0.3) is 0 Å². The van der Waals surface area contributed by atoms with Gasteiger partial charge in [0, 0.05) is 10.9 Å². The molecule has 2 rings (SSSR count). The van der Waals surface area contributed by atoms with Gasteiger partial charge in [-0.3, -0.25) is 0 Å². The van der Waals surface area contributed by atoms with Gasteiger partial charge in [0.05, 0.1) is 11.5 Å². The van der Waals surface area contributed by atoms with Crippen molar-refractivity contribution in [3.8, 4) is 5.75 Å². The van der Waals surface area contributed by atoms with Crippen molar-refractivity contribution in [1.82, 2.24) is 0 Å². The molecule has 0 aromatic heterocycles. The summed E-state index contributed by atoms with van der Waals surface area (Å²) in [5.74, 6) is 0.620. The summed E-state index contributed by atoms with van der Waals surface area (Å²) in [5.41, 5.74) is 1.18. The first-order valence-corrected chi connectivity index (χ1v) is 8.29. The van der Waals surface area contributed by atoms with Crippen LogP contribution in [-0.2, 0) is 16.4 Å². The number of nitrogens with two attached hydrogens (primary N) is 1. The molecule has 2 aromatic carbocycles. The fourth-order valence-electron chi connectivity index (χ4n) is 1.66. The maximum Gasteiger partial charge on any atom is 0.238 e. The first kappa shape index (κ1) is 15.0. The molecule has 0 atom stereocenters. The van der Waals surface area contributed by atoms with E-state index in [0.29, 0.717) is 12.4 Å². The zero-order valence-corrected chi connectivity index (χ0v) is 13.0. The Morgan fingerprint density at radius 2 is 1.60 bits per heavy atom. The van der Waals surface area contributed by atoms with Crippen LogP contribution in [0.15, 0.2) is 57.9 Å². The summed E-state index contributed by atoms with van der Waals surface area (Å²) in [6.07, 6.45) is 0.782. The Balaban J connectivity index is 1.90. The molecule has 0 bridgehead atoms. The molecule has 0 unspecified atom stereocenters. The maximum absolute atomic E-state index is 11.1. The highest BCUT2D eigenvalue weighted by Gasteiger charge is 2.06. The molecule has 0 amide bonds. The van der Waals surface area contributed by atoms with Crippen molar-refractivity contribution >= 4 is 26.0 Å². The summed E-state index contributed by atoms with van der Waals surface area (Å²) >= 11 is 3.38. The molecule has 2 aromatic rings. The number of halogens is 1.